The molecule has 0 saturated heterocycles. The summed E-state index contributed by atoms with van der Waals surface area (Å²) < 4.78 is 0. The van der Waals surface area contributed by atoms with E-state index in [-0.39, 0.29) is 18.4 Å². The lowest BCUT2D eigenvalue weighted by molar-refractivity contribution is -0.122. The van der Waals surface area contributed by atoms with Gasteiger partial charge < -0.3 is 16.4 Å². The van der Waals surface area contributed by atoms with Crippen LogP contribution in [0.3, 0.4) is 0 Å². The molecule has 0 saturated carbocycles. The van der Waals surface area contributed by atoms with E-state index >= 15 is 0 Å². The van der Waals surface area contributed by atoms with Crippen LogP contribution in [0.5, 0.6) is 0 Å². The van der Waals surface area contributed by atoms with E-state index in [0.29, 0.717) is 24.3 Å². The molecule has 6 heteroatoms. The van der Waals surface area contributed by atoms with Gasteiger partial charge in [-0.3, -0.25) is 14.5 Å². The highest BCUT2D eigenvalue weighted by atomic mass is 16.2. The molecule has 4 N–H and O–H groups in total. The lowest BCUT2D eigenvalue weighted by atomic mass is 10.2. The molecule has 110 valence electrons. The Balaban J connectivity index is 2.42. The van der Waals surface area contributed by atoms with Crippen LogP contribution in [-0.2, 0) is 9.59 Å². The Hall–Kier alpha value is -2.08. The largest absolute Gasteiger partial charge is 0.398 e. The summed E-state index contributed by atoms with van der Waals surface area (Å²) in [5, 5.41) is 5.33. The summed E-state index contributed by atoms with van der Waals surface area (Å²) in [5.41, 5.74) is 8.09. The number of carbonyl (C=O) groups excluding carboxylic acids is 2. The molecule has 0 fully saturated rings. The Kier molecular flexibility index (Phi) is 5.99. The summed E-state index contributed by atoms with van der Waals surface area (Å²) in [7, 11) is 3.39. The first-order chi connectivity index (χ1) is 9.42. The van der Waals surface area contributed by atoms with Gasteiger partial charge in [-0.05, 0) is 31.7 Å². The zero-order valence-corrected chi connectivity index (χ0v) is 12.2. The average Bonchev–Trinajstić information content (AvgIpc) is 2.40. The predicted octanol–water partition coefficient (Wildman–Crippen LogP) is 0.584. The maximum Gasteiger partial charge on any atom is 0.238 e. The monoisotopic (exact) mass is 278 g/mol. The van der Waals surface area contributed by atoms with Gasteiger partial charge in [0.2, 0.25) is 11.8 Å². The van der Waals surface area contributed by atoms with Crippen LogP contribution in [0.2, 0.25) is 0 Å². The van der Waals surface area contributed by atoms with Crippen molar-refractivity contribution in [1.82, 2.24) is 10.2 Å². The Labute approximate surface area is 119 Å². The summed E-state index contributed by atoms with van der Waals surface area (Å²) in [6, 6.07) is 5.41. The topological polar surface area (TPSA) is 87.5 Å². The minimum absolute atomic E-state index is 0.0384. The molecule has 0 unspecified atom stereocenters. The van der Waals surface area contributed by atoms with Gasteiger partial charge in [-0.15, -0.1) is 0 Å². The number of hydrogen-bond donors (Lipinski definition) is 3. The van der Waals surface area contributed by atoms with Gasteiger partial charge >= 0.3 is 0 Å². The Morgan fingerprint density at radius 3 is 2.60 bits per heavy atom. The molecule has 1 aromatic carbocycles. The third-order valence-electron chi connectivity index (χ3n) is 2.98. The first-order valence-corrected chi connectivity index (χ1v) is 6.47. The first-order valence-electron chi connectivity index (χ1n) is 6.47. The van der Waals surface area contributed by atoms with Crippen LogP contribution >= 0.6 is 0 Å². The van der Waals surface area contributed by atoms with Crippen LogP contribution in [0, 0.1) is 6.92 Å². The highest BCUT2D eigenvalue weighted by molar-refractivity contribution is 5.92. The number of nitrogens with two attached hydrogens (primary N) is 1. The number of nitrogen functional groups attached to an aromatic ring is 1. The maximum absolute atomic E-state index is 11.8. The number of nitrogens with one attached hydrogen (secondary N) is 2. The molecule has 0 aliphatic carbocycles. The lowest BCUT2D eigenvalue weighted by Gasteiger charge is -2.16. The Morgan fingerprint density at radius 1 is 1.30 bits per heavy atom. The van der Waals surface area contributed by atoms with Crippen molar-refractivity contribution in [2.24, 2.45) is 0 Å². The minimum atomic E-state index is -0.132. The van der Waals surface area contributed by atoms with Crippen LogP contribution < -0.4 is 16.4 Å². The molecule has 0 aliphatic heterocycles. The number of amides is 2. The number of likely N-dealkylation sites (N-methyl/N-ethyl adjacent to an activating group) is 1. The molecule has 0 spiro atoms. The fourth-order valence-electron chi connectivity index (χ4n) is 1.66. The molecule has 0 aromatic heterocycles. The van der Waals surface area contributed by atoms with E-state index in [1.807, 2.05) is 19.1 Å². The second-order valence-corrected chi connectivity index (χ2v) is 4.78. The van der Waals surface area contributed by atoms with Crippen molar-refractivity contribution < 1.29 is 9.59 Å². The third kappa shape index (κ3) is 5.27. The number of rotatable bonds is 6. The normalized spacial score (nSPS) is 10.4. The highest BCUT2D eigenvalue weighted by Gasteiger charge is 2.09. The first kappa shape index (κ1) is 16.0. The number of hydrogen-bond acceptors (Lipinski definition) is 4. The molecule has 0 bridgehead atoms. The number of aryl methyl sites for hydroxylation is 1. The summed E-state index contributed by atoms with van der Waals surface area (Å²) in [6.45, 7) is 2.67. The van der Waals surface area contributed by atoms with Gasteiger partial charge in [-0.25, -0.2) is 0 Å². The number of anilines is 2. The van der Waals surface area contributed by atoms with Crippen molar-refractivity contribution in [3.05, 3.63) is 23.8 Å². The molecular formula is C14H22N4O2. The van der Waals surface area contributed by atoms with E-state index in [0.717, 1.165) is 5.56 Å². The van der Waals surface area contributed by atoms with Gasteiger partial charge in [0.25, 0.3) is 0 Å². The van der Waals surface area contributed by atoms with Gasteiger partial charge in [-0.1, -0.05) is 6.07 Å². The summed E-state index contributed by atoms with van der Waals surface area (Å²) in [4.78, 5) is 24.7. The van der Waals surface area contributed by atoms with Gasteiger partial charge in [0.1, 0.15) is 0 Å². The van der Waals surface area contributed by atoms with Crippen molar-refractivity contribution >= 4 is 23.2 Å². The van der Waals surface area contributed by atoms with Gasteiger partial charge in [0.15, 0.2) is 0 Å². The molecule has 0 atom stereocenters. The van der Waals surface area contributed by atoms with E-state index in [1.54, 1.807) is 25.1 Å². The maximum atomic E-state index is 11.8. The average molecular weight is 278 g/mol. The Bertz CT molecular complexity index is 488. The standard InChI is InChI=1S/C14H22N4O2/c1-10-4-5-11(8-12(10)15)17-14(20)9-18(3)7-6-13(19)16-2/h4-5,8H,6-7,9,15H2,1-3H3,(H,16,19)(H,17,20). The second-order valence-electron chi connectivity index (χ2n) is 4.78. The Morgan fingerprint density at radius 2 is 2.00 bits per heavy atom. The second kappa shape index (κ2) is 7.49. The molecule has 0 aliphatic rings. The van der Waals surface area contributed by atoms with E-state index in [2.05, 4.69) is 10.6 Å². The quantitative estimate of drug-likeness (QED) is 0.664. The SMILES string of the molecule is CNC(=O)CCN(C)CC(=O)Nc1ccc(C)c(N)c1. The van der Waals surface area contributed by atoms with E-state index < -0.39 is 0 Å². The predicted molar refractivity (Wildman–Crippen MR) is 80.4 cm³/mol. The van der Waals surface area contributed by atoms with Crippen LogP contribution in [0.4, 0.5) is 11.4 Å². The van der Waals surface area contributed by atoms with E-state index in [4.69, 9.17) is 5.73 Å². The lowest BCUT2D eigenvalue weighted by Crippen LogP contribution is -2.33. The van der Waals surface area contributed by atoms with Crippen molar-refractivity contribution in [3.63, 3.8) is 0 Å². The molecule has 1 rings (SSSR count). The van der Waals surface area contributed by atoms with E-state index in [9.17, 15) is 9.59 Å². The molecular weight excluding hydrogens is 256 g/mol. The molecule has 6 nitrogen and oxygen atoms in total. The van der Waals surface area contributed by atoms with E-state index in [1.165, 1.54) is 0 Å². The number of benzene rings is 1. The van der Waals surface area contributed by atoms with Gasteiger partial charge in [0, 0.05) is 31.4 Å². The fourth-order valence-corrected chi connectivity index (χ4v) is 1.66. The molecule has 20 heavy (non-hydrogen) atoms. The van der Waals surface area contributed by atoms with Crippen LogP contribution in [-0.4, -0.2) is 43.9 Å². The summed E-state index contributed by atoms with van der Waals surface area (Å²) in [5.74, 6) is -0.170. The van der Waals surface area contributed by atoms with Gasteiger partial charge in [-0.2, -0.15) is 0 Å². The number of carbonyl (C=O) groups is 2. The van der Waals surface area contributed by atoms with Crippen LogP contribution in [0.25, 0.3) is 0 Å². The highest BCUT2D eigenvalue weighted by Crippen LogP contribution is 2.16. The zero-order chi connectivity index (χ0) is 15.1. The molecule has 1 aromatic rings. The minimum Gasteiger partial charge on any atom is -0.398 e. The third-order valence-corrected chi connectivity index (χ3v) is 2.98. The van der Waals surface area contributed by atoms with Crippen molar-refractivity contribution in [2.45, 2.75) is 13.3 Å². The smallest absolute Gasteiger partial charge is 0.238 e. The fraction of sp³-hybridized carbons (Fsp3) is 0.429. The van der Waals surface area contributed by atoms with Crippen molar-refractivity contribution in [3.8, 4) is 0 Å². The van der Waals surface area contributed by atoms with Gasteiger partial charge in [0.05, 0.1) is 6.54 Å². The zero-order valence-electron chi connectivity index (χ0n) is 12.2. The molecule has 0 heterocycles. The summed E-state index contributed by atoms with van der Waals surface area (Å²) >= 11 is 0. The summed E-state index contributed by atoms with van der Waals surface area (Å²) in [6.07, 6.45) is 0.373. The molecule has 2 amide bonds. The number of nitrogens with zero attached hydrogens (tertiary/aromatic N) is 1. The van der Waals surface area contributed by atoms with Crippen molar-refractivity contribution in [1.29, 1.82) is 0 Å². The van der Waals surface area contributed by atoms with Crippen molar-refractivity contribution in [2.75, 3.05) is 38.2 Å². The molecule has 0 radical (unpaired) electrons. The van der Waals surface area contributed by atoms with Crippen LogP contribution in [0.1, 0.15) is 12.0 Å². The van der Waals surface area contributed by atoms with Crippen LogP contribution in [0.15, 0.2) is 18.2 Å².